The van der Waals surface area contributed by atoms with Crippen LogP contribution in [-0.4, -0.2) is 35.6 Å². The number of likely N-dealkylation sites (tertiary alicyclic amines) is 1. The summed E-state index contributed by atoms with van der Waals surface area (Å²) in [6, 6.07) is 9.39. The molecule has 1 aromatic heterocycles. The van der Waals surface area contributed by atoms with E-state index in [4.69, 9.17) is 0 Å². The number of nitrogens with one attached hydrogen (secondary N) is 1. The minimum absolute atomic E-state index is 0.684. The van der Waals surface area contributed by atoms with E-state index in [0.29, 0.717) is 6.04 Å². The molecule has 0 radical (unpaired) electrons. The molecule has 1 unspecified atom stereocenters. The summed E-state index contributed by atoms with van der Waals surface area (Å²) in [5, 5.41) is 6.11. The van der Waals surface area contributed by atoms with Crippen LogP contribution >= 0.6 is 0 Å². The molecule has 112 valence electrons. The van der Waals surface area contributed by atoms with Crippen LogP contribution in [0.25, 0.3) is 10.8 Å². The summed E-state index contributed by atoms with van der Waals surface area (Å²) >= 11 is 0. The van der Waals surface area contributed by atoms with Gasteiger partial charge in [-0.05, 0) is 62.4 Å². The highest BCUT2D eigenvalue weighted by molar-refractivity contribution is 5.81. The van der Waals surface area contributed by atoms with E-state index >= 15 is 0 Å². The van der Waals surface area contributed by atoms with E-state index in [1.165, 1.54) is 35.8 Å². The molecule has 1 atom stereocenters. The van der Waals surface area contributed by atoms with Crippen molar-refractivity contribution in [2.45, 2.75) is 32.9 Å². The van der Waals surface area contributed by atoms with Crippen LogP contribution in [0.1, 0.15) is 25.8 Å². The molecular weight excluding hydrogens is 258 g/mol. The first kappa shape index (κ1) is 14.5. The van der Waals surface area contributed by atoms with Gasteiger partial charge in [0.15, 0.2) is 0 Å². The molecule has 0 spiro atoms. The lowest BCUT2D eigenvalue weighted by atomic mass is 10.1. The van der Waals surface area contributed by atoms with Crippen molar-refractivity contribution in [2.24, 2.45) is 5.92 Å². The molecule has 3 rings (SSSR count). The number of rotatable bonds is 5. The third-order valence-electron chi connectivity index (χ3n) is 4.51. The Kier molecular flexibility index (Phi) is 4.51. The van der Waals surface area contributed by atoms with Crippen LogP contribution in [-0.2, 0) is 6.54 Å². The van der Waals surface area contributed by atoms with Gasteiger partial charge in [-0.1, -0.05) is 12.1 Å². The number of hydrogen-bond donors (Lipinski definition) is 1. The summed E-state index contributed by atoms with van der Waals surface area (Å²) in [4.78, 5) is 6.74. The molecule has 1 N–H and O–H groups in total. The molecule has 1 aliphatic heterocycles. The fourth-order valence-electron chi connectivity index (χ4n) is 3.16. The number of aromatic nitrogens is 1. The maximum atomic E-state index is 4.16. The number of pyridine rings is 1. The topological polar surface area (TPSA) is 28.2 Å². The standard InChI is InChI=1S/C18H25N3/c1-14(2)21-8-6-16(13-21)11-20-10-15-3-4-18-12-19-7-5-17(18)9-15/h3-5,7,9,12,14,16,20H,6,8,10-11,13H2,1-2H3. The maximum Gasteiger partial charge on any atom is 0.0346 e. The Labute approximate surface area is 127 Å². The molecule has 1 saturated heterocycles. The van der Waals surface area contributed by atoms with E-state index in [9.17, 15) is 0 Å². The van der Waals surface area contributed by atoms with Crippen LogP contribution in [0.3, 0.4) is 0 Å². The zero-order valence-corrected chi connectivity index (χ0v) is 13.0. The van der Waals surface area contributed by atoms with E-state index in [1.807, 2.05) is 12.4 Å². The molecule has 2 heterocycles. The molecule has 3 nitrogen and oxygen atoms in total. The van der Waals surface area contributed by atoms with Gasteiger partial charge in [-0.25, -0.2) is 0 Å². The second kappa shape index (κ2) is 6.54. The normalized spacial score (nSPS) is 19.7. The van der Waals surface area contributed by atoms with Gasteiger partial charge in [0, 0.05) is 36.9 Å². The van der Waals surface area contributed by atoms with Crippen molar-refractivity contribution in [2.75, 3.05) is 19.6 Å². The summed E-state index contributed by atoms with van der Waals surface area (Å²) in [5.74, 6) is 0.803. The lowest BCUT2D eigenvalue weighted by Gasteiger charge is -2.20. The Bertz CT molecular complexity index is 594. The van der Waals surface area contributed by atoms with Crippen LogP contribution < -0.4 is 5.32 Å². The SMILES string of the molecule is CC(C)N1CCC(CNCc2ccc3cnccc3c2)C1. The van der Waals surface area contributed by atoms with Gasteiger partial charge in [-0.2, -0.15) is 0 Å². The van der Waals surface area contributed by atoms with Crippen LogP contribution in [0.2, 0.25) is 0 Å². The molecule has 21 heavy (non-hydrogen) atoms. The van der Waals surface area contributed by atoms with Crippen molar-refractivity contribution >= 4 is 10.8 Å². The Morgan fingerprint density at radius 2 is 2.19 bits per heavy atom. The van der Waals surface area contributed by atoms with Gasteiger partial charge in [0.05, 0.1) is 0 Å². The highest BCUT2D eigenvalue weighted by atomic mass is 15.2. The summed E-state index contributed by atoms with van der Waals surface area (Å²) < 4.78 is 0. The Balaban J connectivity index is 1.51. The molecular formula is C18H25N3. The molecule has 0 amide bonds. The molecule has 0 aliphatic carbocycles. The van der Waals surface area contributed by atoms with Gasteiger partial charge in [0.25, 0.3) is 0 Å². The zero-order chi connectivity index (χ0) is 14.7. The maximum absolute atomic E-state index is 4.16. The number of nitrogens with zero attached hydrogens (tertiary/aromatic N) is 2. The smallest absolute Gasteiger partial charge is 0.0346 e. The van der Waals surface area contributed by atoms with E-state index in [1.54, 1.807) is 0 Å². The molecule has 0 bridgehead atoms. The number of benzene rings is 1. The Morgan fingerprint density at radius 1 is 1.29 bits per heavy atom. The summed E-state index contributed by atoms with van der Waals surface area (Å²) in [7, 11) is 0. The van der Waals surface area contributed by atoms with Crippen LogP contribution in [0, 0.1) is 5.92 Å². The number of hydrogen-bond acceptors (Lipinski definition) is 3. The predicted molar refractivity (Wildman–Crippen MR) is 88.3 cm³/mol. The minimum atomic E-state index is 0.684. The van der Waals surface area contributed by atoms with Crippen LogP contribution in [0.4, 0.5) is 0 Å². The lowest BCUT2D eigenvalue weighted by molar-refractivity contribution is 0.264. The van der Waals surface area contributed by atoms with Crippen molar-refractivity contribution in [3.8, 4) is 0 Å². The highest BCUT2D eigenvalue weighted by Gasteiger charge is 2.23. The van der Waals surface area contributed by atoms with Gasteiger partial charge in [-0.15, -0.1) is 0 Å². The molecule has 3 heteroatoms. The van der Waals surface area contributed by atoms with Gasteiger partial charge in [-0.3, -0.25) is 4.98 Å². The molecule has 1 fully saturated rings. The van der Waals surface area contributed by atoms with E-state index in [0.717, 1.165) is 19.0 Å². The monoisotopic (exact) mass is 283 g/mol. The van der Waals surface area contributed by atoms with Gasteiger partial charge >= 0.3 is 0 Å². The van der Waals surface area contributed by atoms with Crippen LogP contribution in [0.15, 0.2) is 36.7 Å². The van der Waals surface area contributed by atoms with Gasteiger partial charge in [0.1, 0.15) is 0 Å². The molecule has 0 saturated carbocycles. The average molecular weight is 283 g/mol. The zero-order valence-electron chi connectivity index (χ0n) is 13.0. The average Bonchev–Trinajstić information content (AvgIpc) is 2.96. The van der Waals surface area contributed by atoms with E-state index < -0.39 is 0 Å². The Hall–Kier alpha value is -1.45. The largest absolute Gasteiger partial charge is 0.312 e. The van der Waals surface area contributed by atoms with Crippen molar-refractivity contribution in [3.63, 3.8) is 0 Å². The molecule has 2 aromatic rings. The molecule has 1 aromatic carbocycles. The van der Waals surface area contributed by atoms with Crippen LogP contribution in [0.5, 0.6) is 0 Å². The fraction of sp³-hybridized carbons (Fsp3) is 0.500. The van der Waals surface area contributed by atoms with E-state index in [-0.39, 0.29) is 0 Å². The van der Waals surface area contributed by atoms with Crippen molar-refractivity contribution in [3.05, 3.63) is 42.2 Å². The first-order valence-electron chi connectivity index (χ1n) is 8.00. The molecule has 1 aliphatic rings. The minimum Gasteiger partial charge on any atom is -0.312 e. The van der Waals surface area contributed by atoms with Crippen molar-refractivity contribution in [1.29, 1.82) is 0 Å². The lowest BCUT2D eigenvalue weighted by Crippen LogP contribution is -2.30. The van der Waals surface area contributed by atoms with Gasteiger partial charge < -0.3 is 10.2 Å². The predicted octanol–water partition coefficient (Wildman–Crippen LogP) is 3.05. The fourth-order valence-corrected chi connectivity index (χ4v) is 3.16. The van der Waals surface area contributed by atoms with Gasteiger partial charge in [0.2, 0.25) is 0 Å². The highest BCUT2D eigenvalue weighted by Crippen LogP contribution is 2.18. The first-order valence-corrected chi connectivity index (χ1v) is 8.00. The summed E-state index contributed by atoms with van der Waals surface area (Å²) in [6.45, 7) is 9.16. The van der Waals surface area contributed by atoms with E-state index in [2.05, 4.69) is 53.3 Å². The summed E-state index contributed by atoms with van der Waals surface area (Å²) in [6.07, 6.45) is 5.11. The second-order valence-electron chi connectivity index (χ2n) is 6.43. The number of fused-ring (bicyclic) bond motifs is 1. The summed E-state index contributed by atoms with van der Waals surface area (Å²) in [5.41, 5.74) is 1.35. The Morgan fingerprint density at radius 3 is 3.00 bits per heavy atom. The van der Waals surface area contributed by atoms with Crippen molar-refractivity contribution < 1.29 is 0 Å². The third kappa shape index (κ3) is 3.60. The van der Waals surface area contributed by atoms with Crippen molar-refractivity contribution in [1.82, 2.24) is 15.2 Å². The second-order valence-corrected chi connectivity index (χ2v) is 6.43. The third-order valence-corrected chi connectivity index (χ3v) is 4.51. The first-order chi connectivity index (χ1) is 10.2. The quantitative estimate of drug-likeness (QED) is 0.914.